The van der Waals surface area contributed by atoms with Crippen LogP contribution in [-0.2, 0) is 11.2 Å². The molecule has 0 aliphatic heterocycles. The first kappa shape index (κ1) is 12.0. The van der Waals surface area contributed by atoms with Crippen LogP contribution >= 0.6 is 15.9 Å². The van der Waals surface area contributed by atoms with Gasteiger partial charge in [-0.3, -0.25) is 4.79 Å². The minimum atomic E-state index is -0.858. The molecule has 0 radical (unpaired) electrons. The van der Waals surface area contributed by atoms with Gasteiger partial charge in [0.25, 0.3) is 0 Å². The topological polar surface area (TPSA) is 46.5 Å². The lowest BCUT2D eigenvalue weighted by atomic mass is 10.1. The van der Waals surface area contributed by atoms with Gasteiger partial charge in [-0.05, 0) is 28.9 Å². The zero-order chi connectivity index (χ0) is 11.6. The largest absolute Gasteiger partial charge is 0.505 e. The second kappa shape index (κ2) is 4.61. The lowest BCUT2D eigenvalue weighted by molar-refractivity contribution is -0.116. The summed E-state index contributed by atoms with van der Waals surface area (Å²) in [6.45, 7) is 1.37. The summed E-state index contributed by atoms with van der Waals surface area (Å²) in [7, 11) is 1.30. The van der Waals surface area contributed by atoms with Crippen molar-refractivity contribution in [1.82, 2.24) is 0 Å². The summed E-state index contributed by atoms with van der Waals surface area (Å²) in [6.07, 6.45) is -0.00858. The molecule has 1 aromatic carbocycles. The number of Topliss-reactive ketones (excluding diaryl/α,β-unsaturated/α-hetero) is 1. The standard InChI is InChI=1S/C10H10BrFO3/c1-5(13)3-6-4-7(11)10(15-2)8(12)9(6)14/h4,14H,3H2,1-2H3. The number of ketones is 1. The smallest absolute Gasteiger partial charge is 0.208 e. The summed E-state index contributed by atoms with van der Waals surface area (Å²) in [5.41, 5.74) is 0.243. The number of carbonyl (C=O) groups excluding carboxylic acids is 1. The third kappa shape index (κ3) is 2.47. The Kier molecular flexibility index (Phi) is 3.68. The Morgan fingerprint density at radius 1 is 1.67 bits per heavy atom. The summed E-state index contributed by atoms with van der Waals surface area (Å²) in [5.74, 6) is -1.62. The number of hydrogen-bond acceptors (Lipinski definition) is 3. The Balaban J connectivity index is 3.27. The highest BCUT2D eigenvalue weighted by Gasteiger charge is 2.17. The minimum Gasteiger partial charge on any atom is -0.505 e. The van der Waals surface area contributed by atoms with Gasteiger partial charge in [-0.25, -0.2) is 0 Å². The fourth-order valence-electron chi connectivity index (χ4n) is 1.23. The van der Waals surface area contributed by atoms with E-state index in [1.807, 2.05) is 0 Å². The van der Waals surface area contributed by atoms with Gasteiger partial charge in [-0.1, -0.05) is 0 Å². The van der Waals surface area contributed by atoms with Crippen molar-refractivity contribution >= 4 is 21.7 Å². The van der Waals surface area contributed by atoms with E-state index >= 15 is 0 Å². The van der Waals surface area contributed by atoms with E-state index in [0.717, 1.165) is 0 Å². The van der Waals surface area contributed by atoms with Gasteiger partial charge in [0.2, 0.25) is 5.82 Å². The first-order valence-electron chi connectivity index (χ1n) is 4.20. The average molecular weight is 277 g/mol. The zero-order valence-corrected chi connectivity index (χ0v) is 9.89. The number of hydrogen-bond donors (Lipinski definition) is 1. The Morgan fingerprint density at radius 3 is 2.73 bits per heavy atom. The van der Waals surface area contributed by atoms with Crippen LogP contribution in [0, 0.1) is 5.82 Å². The van der Waals surface area contributed by atoms with Crippen molar-refractivity contribution in [2.75, 3.05) is 7.11 Å². The third-order valence-electron chi connectivity index (χ3n) is 1.87. The van der Waals surface area contributed by atoms with E-state index in [4.69, 9.17) is 4.74 Å². The molecule has 1 rings (SSSR count). The maximum atomic E-state index is 13.5. The quantitative estimate of drug-likeness (QED) is 0.923. The molecule has 0 saturated heterocycles. The van der Waals surface area contributed by atoms with Crippen LogP contribution in [0.4, 0.5) is 4.39 Å². The first-order chi connectivity index (χ1) is 6.97. The predicted molar refractivity (Wildman–Crippen MR) is 56.7 cm³/mol. The van der Waals surface area contributed by atoms with E-state index in [2.05, 4.69) is 15.9 Å². The van der Waals surface area contributed by atoms with Gasteiger partial charge in [-0.15, -0.1) is 0 Å². The molecule has 3 nitrogen and oxygen atoms in total. The first-order valence-corrected chi connectivity index (χ1v) is 5.00. The SMILES string of the molecule is COc1c(Br)cc(CC(C)=O)c(O)c1F. The molecule has 0 saturated carbocycles. The van der Waals surface area contributed by atoms with Gasteiger partial charge in [0, 0.05) is 12.0 Å². The van der Waals surface area contributed by atoms with E-state index in [1.54, 1.807) is 0 Å². The molecule has 0 atom stereocenters. The van der Waals surface area contributed by atoms with E-state index in [9.17, 15) is 14.3 Å². The molecule has 0 spiro atoms. The Labute approximate surface area is 95.0 Å². The molecule has 15 heavy (non-hydrogen) atoms. The van der Waals surface area contributed by atoms with E-state index in [1.165, 1.54) is 20.1 Å². The summed E-state index contributed by atoms with van der Waals surface area (Å²) < 4.78 is 18.6. The second-order valence-electron chi connectivity index (χ2n) is 3.09. The van der Waals surface area contributed by atoms with E-state index in [-0.39, 0.29) is 23.5 Å². The van der Waals surface area contributed by atoms with Crippen LogP contribution in [0.15, 0.2) is 10.5 Å². The normalized spacial score (nSPS) is 10.1. The fourth-order valence-corrected chi connectivity index (χ4v) is 1.84. The number of phenols is 1. The number of benzene rings is 1. The van der Waals surface area contributed by atoms with Gasteiger partial charge in [-0.2, -0.15) is 4.39 Å². The minimum absolute atomic E-state index is 0.00858. The molecule has 0 fully saturated rings. The Hall–Kier alpha value is -1.10. The van der Waals surface area contributed by atoms with E-state index < -0.39 is 11.6 Å². The lowest BCUT2D eigenvalue weighted by Gasteiger charge is -2.09. The summed E-state index contributed by atoms with van der Waals surface area (Å²) in [6, 6.07) is 1.47. The molecule has 0 aliphatic rings. The number of rotatable bonds is 3. The monoisotopic (exact) mass is 276 g/mol. The summed E-state index contributed by atoms with van der Waals surface area (Å²) in [4.78, 5) is 10.9. The van der Waals surface area contributed by atoms with Crippen molar-refractivity contribution in [2.24, 2.45) is 0 Å². The molecular formula is C10H10BrFO3. The van der Waals surface area contributed by atoms with Crippen LogP contribution in [0.2, 0.25) is 0 Å². The fraction of sp³-hybridized carbons (Fsp3) is 0.300. The number of phenolic OH excluding ortho intramolecular Hbond substituents is 1. The van der Waals surface area contributed by atoms with Gasteiger partial charge < -0.3 is 9.84 Å². The number of halogens is 2. The zero-order valence-electron chi connectivity index (χ0n) is 8.30. The molecule has 82 valence electrons. The predicted octanol–water partition coefficient (Wildman–Crippen LogP) is 2.43. The third-order valence-corrected chi connectivity index (χ3v) is 2.46. The van der Waals surface area contributed by atoms with Crippen LogP contribution in [0.3, 0.4) is 0 Å². The second-order valence-corrected chi connectivity index (χ2v) is 3.95. The van der Waals surface area contributed by atoms with Gasteiger partial charge >= 0.3 is 0 Å². The molecule has 1 N–H and O–H groups in total. The van der Waals surface area contributed by atoms with Crippen molar-refractivity contribution in [1.29, 1.82) is 0 Å². The molecule has 0 bridgehead atoms. The highest BCUT2D eigenvalue weighted by Crippen LogP contribution is 2.36. The molecule has 1 aromatic rings. The Bertz CT molecular complexity index is 404. The van der Waals surface area contributed by atoms with E-state index in [0.29, 0.717) is 4.47 Å². The van der Waals surface area contributed by atoms with Crippen molar-refractivity contribution < 1.29 is 19.0 Å². The number of ether oxygens (including phenoxy) is 1. The maximum Gasteiger partial charge on any atom is 0.208 e. The maximum absolute atomic E-state index is 13.5. The number of carbonyl (C=O) groups is 1. The summed E-state index contributed by atoms with van der Waals surface area (Å²) >= 11 is 3.09. The van der Waals surface area contributed by atoms with Crippen LogP contribution in [0.1, 0.15) is 12.5 Å². The Morgan fingerprint density at radius 2 is 2.27 bits per heavy atom. The highest BCUT2D eigenvalue weighted by molar-refractivity contribution is 9.10. The van der Waals surface area contributed by atoms with Crippen LogP contribution in [-0.4, -0.2) is 18.0 Å². The van der Waals surface area contributed by atoms with Gasteiger partial charge in [0.05, 0.1) is 11.6 Å². The van der Waals surface area contributed by atoms with Crippen LogP contribution < -0.4 is 4.74 Å². The average Bonchev–Trinajstić information content (AvgIpc) is 2.14. The molecule has 0 aliphatic carbocycles. The highest BCUT2D eigenvalue weighted by atomic mass is 79.9. The molecule has 0 amide bonds. The molecular weight excluding hydrogens is 267 g/mol. The van der Waals surface area contributed by atoms with Crippen molar-refractivity contribution in [3.63, 3.8) is 0 Å². The number of methoxy groups -OCH3 is 1. The van der Waals surface area contributed by atoms with Crippen molar-refractivity contribution in [2.45, 2.75) is 13.3 Å². The van der Waals surface area contributed by atoms with Crippen LogP contribution in [0.5, 0.6) is 11.5 Å². The molecule has 0 heterocycles. The van der Waals surface area contributed by atoms with Gasteiger partial charge in [0.1, 0.15) is 5.78 Å². The van der Waals surface area contributed by atoms with Crippen LogP contribution in [0.25, 0.3) is 0 Å². The lowest BCUT2D eigenvalue weighted by Crippen LogP contribution is -2.00. The molecule has 5 heteroatoms. The van der Waals surface area contributed by atoms with Gasteiger partial charge in [0.15, 0.2) is 11.5 Å². The van der Waals surface area contributed by atoms with Crippen molar-refractivity contribution in [3.8, 4) is 11.5 Å². The summed E-state index contributed by atoms with van der Waals surface area (Å²) in [5, 5.41) is 9.45. The number of aromatic hydroxyl groups is 1. The van der Waals surface area contributed by atoms with Crippen molar-refractivity contribution in [3.05, 3.63) is 21.9 Å². The molecule has 0 aromatic heterocycles. The molecule has 0 unspecified atom stereocenters.